The summed E-state index contributed by atoms with van der Waals surface area (Å²) in [5.41, 5.74) is -0.345. The van der Waals surface area contributed by atoms with Gasteiger partial charge in [0.25, 0.3) is 0 Å². The smallest absolute Gasteiger partial charge is 0.408 e. The lowest BCUT2D eigenvalue weighted by Crippen LogP contribution is -2.53. The number of hydrogen-bond donors (Lipinski definition) is 3. The van der Waals surface area contributed by atoms with Gasteiger partial charge in [0.1, 0.15) is 23.4 Å². The number of carbonyl (C=O) groups excluding carboxylic acids is 3. The van der Waals surface area contributed by atoms with E-state index in [0.717, 1.165) is 44.9 Å². The van der Waals surface area contributed by atoms with Crippen LogP contribution >= 0.6 is 11.8 Å². The highest BCUT2D eigenvalue weighted by atomic mass is 32.2. The van der Waals surface area contributed by atoms with Gasteiger partial charge in [0.2, 0.25) is 11.8 Å². The number of aromatic hydroxyl groups is 1. The van der Waals surface area contributed by atoms with E-state index in [1.807, 2.05) is 6.26 Å². The van der Waals surface area contributed by atoms with E-state index in [4.69, 9.17) is 4.74 Å². The van der Waals surface area contributed by atoms with E-state index in [9.17, 15) is 19.5 Å². The molecule has 3 amide bonds. The molecule has 40 heavy (non-hydrogen) atoms. The van der Waals surface area contributed by atoms with Gasteiger partial charge in [0.15, 0.2) is 0 Å². The first-order valence-electron chi connectivity index (χ1n) is 14.9. The zero-order valence-electron chi connectivity index (χ0n) is 25.6. The van der Waals surface area contributed by atoms with Crippen molar-refractivity contribution in [2.75, 3.05) is 25.1 Å². The molecular weight excluding hydrogens is 526 g/mol. The summed E-state index contributed by atoms with van der Waals surface area (Å²) in [5.74, 6) is -0.0948. The predicted octanol–water partition coefficient (Wildman–Crippen LogP) is 6.58. The molecule has 9 heteroatoms. The Morgan fingerprint density at radius 2 is 1.60 bits per heavy atom. The highest BCUT2D eigenvalue weighted by Gasteiger charge is 2.37. The zero-order chi connectivity index (χ0) is 30.0. The maximum absolute atomic E-state index is 14.2. The number of ether oxygens (including phenoxy) is 1. The van der Waals surface area contributed by atoms with Crippen molar-refractivity contribution in [2.24, 2.45) is 0 Å². The van der Waals surface area contributed by atoms with Gasteiger partial charge in [-0.1, -0.05) is 77.0 Å². The molecule has 0 aromatic heterocycles. The second kappa shape index (κ2) is 19.6. The first-order chi connectivity index (χ1) is 19.1. The molecule has 0 heterocycles. The molecule has 1 aromatic rings. The third kappa shape index (κ3) is 13.8. The van der Waals surface area contributed by atoms with Crippen LogP contribution in [0.1, 0.15) is 110 Å². The van der Waals surface area contributed by atoms with Crippen LogP contribution in [0.15, 0.2) is 24.3 Å². The van der Waals surface area contributed by atoms with Gasteiger partial charge >= 0.3 is 6.09 Å². The molecule has 1 rings (SSSR count). The van der Waals surface area contributed by atoms with Crippen molar-refractivity contribution in [1.82, 2.24) is 15.5 Å². The summed E-state index contributed by atoms with van der Waals surface area (Å²) in [6, 6.07) is 4.77. The van der Waals surface area contributed by atoms with Crippen LogP contribution in [-0.2, 0) is 14.3 Å². The fourth-order valence-corrected chi connectivity index (χ4v) is 4.90. The minimum absolute atomic E-state index is 0.0438. The van der Waals surface area contributed by atoms with Gasteiger partial charge < -0.3 is 25.4 Å². The normalized spacial score (nSPS) is 12.8. The van der Waals surface area contributed by atoms with Crippen molar-refractivity contribution in [3.63, 3.8) is 0 Å². The summed E-state index contributed by atoms with van der Waals surface area (Å²) in [4.78, 5) is 42.2. The number of unbranched alkanes of at least 4 members (excludes halogenated alkanes) is 7. The van der Waals surface area contributed by atoms with E-state index >= 15 is 0 Å². The lowest BCUT2D eigenvalue weighted by Gasteiger charge is -2.35. The van der Waals surface area contributed by atoms with Crippen molar-refractivity contribution in [2.45, 2.75) is 117 Å². The summed E-state index contributed by atoms with van der Waals surface area (Å²) in [6.07, 6.45) is 10.6. The number of hydrogen-bond acceptors (Lipinski definition) is 6. The molecule has 2 atom stereocenters. The lowest BCUT2D eigenvalue weighted by molar-refractivity contribution is -0.142. The fraction of sp³-hybridized carbons (Fsp3) is 0.710. The van der Waals surface area contributed by atoms with Gasteiger partial charge in [-0.15, -0.1) is 0 Å². The molecule has 0 aliphatic rings. The van der Waals surface area contributed by atoms with Crippen LogP contribution in [0.4, 0.5) is 4.79 Å². The molecule has 0 aliphatic heterocycles. The van der Waals surface area contributed by atoms with Gasteiger partial charge in [-0.2, -0.15) is 11.8 Å². The summed E-state index contributed by atoms with van der Waals surface area (Å²) >= 11 is 1.58. The molecule has 0 saturated carbocycles. The van der Waals surface area contributed by atoms with Crippen molar-refractivity contribution in [3.05, 3.63) is 29.8 Å². The Bertz CT molecular complexity index is 890. The Kier molecular flexibility index (Phi) is 17.5. The van der Waals surface area contributed by atoms with Crippen LogP contribution in [0.5, 0.6) is 5.75 Å². The fourth-order valence-electron chi connectivity index (χ4n) is 4.42. The number of benzene rings is 1. The summed E-state index contributed by atoms with van der Waals surface area (Å²) < 4.78 is 5.46. The summed E-state index contributed by atoms with van der Waals surface area (Å²) in [7, 11) is 0. The van der Waals surface area contributed by atoms with E-state index in [1.54, 1.807) is 55.6 Å². The quantitative estimate of drug-likeness (QED) is 0.160. The lowest BCUT2D eigenvalue weighted by atomic mass is 10.00. The molecular formula is C31H53N3O5S. The van der Waals surface area contributed by atoms with Gasteiger partial charge in [0, 0.05) is 18.7 Å². The maximum Gasteiger partial charge on any atom is 0.408 e. The van der Waals surface area contributed by atoms with E-state index in [0.29, 0.717) is 37.2 Å². The second-order valence-corrected chi connectivity index (χ2v) is 12.2. The van der Waals surface area contributed by atoms with Gasteiger partial charge in [-0.3, -0.25) is 9.59 Å². The highest BCUT2D eigenvalue weighted by Crippen LogP contribution is 2.30. The first kappa shape index (κ1) is 35.6. The number of nitrogens with one attached hydrogen (secondary N) is 2. The van der Waals surface area contributed by atoms with E-state index in [-0.39, 0.29) is 17.6 Å². The molecule has 2 unspecified atom stereocenters. The highest BCUT2D eigenvalue weighted by molar-refractivity contribution is 7.98. The molecule has 0 radical (unpaired) electrons. The standard InChI is InChI=1S/C31H53N3O5S/c1-7-9-11-12-13-17-22-34(29(37)25(20-23-40-6)33-30(38)39-31(3,4)5)27(24-18-14-15-19-26(24)35)28(36)32-21-16-10-8-2/h14-15,18-19,25,27,35H,7-13,16-17,20-23H2,1-6H3,(H,32,36)(H,33,38). The topological polar surface area (TPSA) is 108 Å². The maximum atomic E-state index is 14.2. The third-order valence-corrected chi connectivity index (χ3v) is 7.15. The SMILES string of the molecule is CCCCCCCCN(C(=O)C(CCSC)NC(=O)OC(C)(C)C)C(C(=O)NCCCCC)c1ccccc1O. The number of para-hydroxylation sites is 1. The van der Waals surface area contributed by atoms with Crippen molar-refractivity contribution in [3.8, 4) is 5.75 Å². The molecule has 228 valence electrons. The Morgan fingerprint density at radius 3 is 2.23 bits per heavy atom. The third-order valence-electron chi connectivity index (χ3n) is 6.51. The van der Waals surface area contributed by atoms with E-state index < -0.39 is 23.8 Å². The molecule has 0 spiro atoms. The number of nitrogens with zero attached hydrogens (tertiary/aromatic N) is 1. The number of thioether (sulfide) groups is 1. The molecule has 0 saturated heterocycles. The van der Waals surface area contributed by atoms with Crippen molar-refractivity contribution in [1.29, 1.82) is 0 Å². The van der Waals surface area contributed by atoms with Crippen LogP contribution in [0.25, 0.3) is 0 Å². The molecule has 0 fully saturated rings. The molecule has 8 nitrogen and oxygen atoms in total. The van der Waals surface area contributed by atoms with Crippen LogP contribution in [0, 0.1) is 0 Å². The second-order valence-electron chi connectivity index (χ2n) is 11.2. The molecule has 0 bridgehead atoms. The van der Waals surface area contributed by atoms with Crippen LogP contribution in [0.2, 0.25) is 0 Å². The average Bonchev–Trinajstić information content (AvgIpc) is 2.89. The number of rotatable bonds is 19. The van der Waals surface area contributed by atoms with Crippen LogP contribution in [-0.4, -0.2) is 64.7 Å². The minimum atomic E-state index is -1.02. The van der Waals surface area contributed by atoms with Gasteiger partial charge in [-0.25, -0.2) is 4.79 Å². The number of phenolic OH excluding ortho intramolecular Hbond substituents is 1. The van der Waals surface area contributed by atoms with Crippen molar-refractivity contribution < 1.29 is 24.2 Å². The average molecular weight is 580 g/mol. The number of alkyl carbamates (subject to hydrolysis) is 1. The van der Waals surface area contributed by atoms with Gasteiger partial charge in [-0.05, 0) is 58.1 Å². The Labute approximate surface area is 246 Å². The summed E-state index contributed by atoms with van der Waals surface area (Å²) in [6.45, 7) is 10.4. The monoisotopic (exact) mass is 579 g/mol. The molecule has 1 aromatic carbocycles. The molecule has 3 N–H and O–H groups in total. The Morgan fingerprint density at radius 1 is 0.975 bits per heavy atom. The number of amides is 3. The van der Waals surface area contributed by atoms with E-state index in [2.05, 4.69) is 24.5 Å². The van der Waals surface area contributed by atoms with Crippen LogP contribution in [0.3, 0.4) is 0 Å². The van der Waals surface area contributed by atoms with Crippen LogP contribution < -0.4 is 10.6 Å². The molecule has 0 aliphatic carbocycles. The summed E-state index contributed by atoms with van der Waals surface area (Å²) in [5, 5.41) is 16.5. The van der Waals surface area contributed by atoms with Gasteiger partial charge in [0.05, 0.1) is 0 Å². The zero-order valence-corrected chi connectivity index (χ0v) is 26.4. The number of carbonyl (C=O) groups is 3. The Balaban J connectivity index is 3.39. The largest absolute Gasteiger partial charge is 0.508 e. The predicted molar refractivity (Wildman–Crippen MR) is 165 cm³/mol. The van der Waals surface area contributed by atoms with E-state index in [1.165, 1.54) is 12.5 Å². The first-order valence-corrected chi connectivity index (χ1v) is 16.3. The Hall–Kier alpha value is -2.42. The minimum Gasteiger partial charge on any atom is -0.508 e. The number of phenols is 1. The van der Waals surface area contributed by atoms with Crippen molar-refractivity contribution >= 4 is 29.7 Å².